The van der Waals surface area contributed by atoms with Gasteiger partial charge in [0, 0.05) is 11.1 Å². The molecule has 0 aliphatic rings. The first-order valence-electron chi connectivity index (χ1n) is 7.94. The van der Waals surface area contributed by atoms with Gasteiger partial charge in [-0.2, -0.15) is 0 Å². The molecule has 24 heavy (non-hydrogen) atoms. The van der Waals surface area contributed by atoms with Crippen LogP contribution in [0.25, 0.3) is 21.8 Å². The molecule has 0 bridgehead atoms. The van der Waals surface area contributed by atoms with Crippen LogP contribution in [0.15, 0.2) is 73.1 Å². The van der Waals surface area contributed by atoms with Crippen molar-refractivity contribution in [3.8, 4) is 0 Å². The standard InChI is InChI=1S/C20H17N3O/c1-14(23-13-21-18-10-4-5-12-19(18)23)20(24)22-17-11-6-8-15-7-2-3-9-16(15)17/h2-14H,1H3,(H,22,24)/t14-/m1/s1. The van der Waals surface area contributed by atoms with Crippen molar-refractivity contribution in [1.29, 1.82) is 0 Å². The Hall–Kier alpha value is -3.14. The van der Waals surface area contributed by atoms with E-state index in [0.717, 1.165) is 27.5 Å². The highest BCUT2D eigenvalue weighted by molar-refractivity contribution is 6.03. The number of fused-ring (bicyclic) bond motifs is 2. The lowest BCUT2D eigenvalue weighted by Crippen LogP contribution is -2.23. The van der Waals surface area contributed by atoms with Gasteiger partial charge in [-0.05, 0) is 30.5 Å². The van der Waals surface area contributed by atoms with E-state index < -0.39 is 0 Å². The van der Waals surface area contributed by atoms with Crippen LogP contribution < -0.4 is 5.32 Å². The number of hydrogen-bond donors (Lipinski definition) is 1. The van der Waals surface area contributed by atoms with Gasteiger partial charge in [0.05, 0.1) is 17.4 Å². The lowest BCUT2D eigenvalue weighted by molar-refractivity contribution is -0.118. The minimum Gasteiger partial charge on any atom is -0.324 e. The van der Waals surface area contributed by atoms with Crippen molar-refractivity contribution in [2.24, 2.45) is 0 Å². The van der Waals surface area contributed by atoms with E-state index in [0.29, 0.717) is 0 Å². The van der Waals surface area contributed by atoms with Crippen LogP contribution in [0.1, 0.15) is 13.0 Å². The molecule has 1 aromatic heterocycles. The summed E-state index contributed by atoms with van der Waals surface area (Å²) in [4.78, 5) is 17.1. The summed E-state index contributed by atoms with van der Waals surface area (Å²) in [5.41, 5.74) is 2.68. The van der Waals surface area contributed by atoms with E-state index in [4.69, 9.17) is 0 Å². The molecular formula is C20H17N3O. The fraction of sp³-hybridized carbons (Fsp3) is 0.100. The molecule has 1 amide bonds. The molecule has 1 atom stereocenters. The predicted molar refractivity (Wildman–Crippen MR) is 97.0 cm³/mol. The van der Waals surface area contributed by atoms with Gasteiger partial charge < -0.3 is 9.88 Å². The largest absolute Gasteiger partial charge is 0.324 e. The fourth-order valence-electron chi connectivity index (χ4n) is 2.98. The van der Waals surface area contributed by atoms with Crippen molar-refractivity contribution in [2.45, 2.75) is 13.0 Å². The third-order valence-electron chi connectivity index (χ3n) is 4.33. The lowest BCUT2D eigenvalue weighted by Gasteiger charge is -2.15. The summed E-state index contributed by atoms with van der Waals surface area (Å²) in [5.74, 6) is -0.0606. The topological polar surface area (TPSA) is 46.9 Å². The number of amides is 1. The van der Waals surface area contributed by atoms with Gasteiger partial charge in [0.1, 0.15) is 6.04 Å². The molecule has 1 N–H and O–H groups in total. The van der Waals surface area contributed by atoms with E-state index in [2.05, 4.69) is 10.3 Å². The Labute approximate surface area is 139 Å². The molecule has 0 aliphatic heterocycles. The minimum absolute atomic E-state index is 0.0606. The van der Waals surface area contributed by atoms with Crippen LogP contribution in [0.4, 0.5) is 5.69 Å². The zero-order chi connectivity index (χ0) is 16.5. The molecule has 0 radical (unpaired) electrons. The number of rotatable bonds is 3. The normalized spacial score (nSPS) is 12.4. The number of nitrogens with one attached hydrogen (secondary N) is 1. The highest BCUT2D eigenvalue weighted by Crippen LogP contribution is 2.24. The molecule has 0 fully saturated rings. The number of nitrogens with zero attached hydrogens (tertiary/aromatic N) is 2. The number of hydrogen-bond acceptors (Lipinski definition) is 2. The quantitative estimate of drug-likeness (QED) is 0.609. The maximum absolute atomic E-state index is 12.7. The molecule has 0 saturated heterocycles. The zero-order valence-corrected chi connectivity index (χ0v) is 13.3. The summed E-state index contributed by atoms with van der Waals surface area (Å²) >= 11 is 0. The summed E-state index contributed by atoms with van der Waals surface area (Å²) in [6.07, 6.45) is 1.72. The molecule has 4 rings (SSSR count). The van der Waals surface area contributed by atoms with Gasteiger partial charge in [-0.1, -0.05) is 48.5 Å². The van der Waals surface area contributed by atoms with E-state index in [1.165, 1.54) is 0 Å². The van der Waals surface area contributed by atoms with Gasteiger partial charge in [-0.25, -0.2) is 4.98 Å². The van der Waals surface area contributed by atoms with Crippen molar-refractivity contribution >= 4 is 33.4 Å². The highest BCUT2D eigenvalue weighted by atomic mass is 16.2. The number of imidazole rings is 1. The second-order valence-corrected chi connectivity index (χ2v) is 5.83. The number of para-hydroxylation sites is 2. The lowest BCUT2D eigenvalue weighted by atomic mass is 10.1. The summed E-state index contributed by atoms with van der Waals surface area (Å²) in [6, 6.07) is 21.4. The number of benzene rings is 3. The monoisotopic (exact) mass is 315 g/mol. The smallest absolute Gasteiger partial charge is 0.247 e. The van der Waals surface area contributed by atoms with Crippen LogP contribution in [0.2, 0.25) is 0 Å². The van der Waals surface area contributed by atoms with Crippen molar-refractivity contribution in [3.63, 3.8) is 0 Å². The number of carbonyl (C=O) groups excluding carboxylic acids is 1. The van der Waals surface area contributed by atoms with Crippen LogP contribution in [0.5, 0.6) is 0 Å². The van der Waals surface area contributed by atoms with E-state index in [1.54, 1.807) is 6.33 Å². The molecule has 1 heterocycles. The highest BCUT2D eigenvalue weighted by Gasteiger charge is 2.17. The third kappa shape index (κ3) is 2.42. The summed E-state index contributed by atoms with van der Waals surface area (Å²) < 4.78 is 1.90. The van der Waals surface area contributed by atoms with Crippen molar-refractivity contribution in [2.75, 3.05) is 5.32 Å². The first-order valence-corrected chi connectivity index (χ1v) is 7.94. The summed E-state index contributed by atoms with van der Waals surface area (Å²) in [5, 5.41) is 5.20. The number of anilines is 1. The first kappa shape index (κ1) is 14.5. The van der Waals surface area contributed by atoms with Crippen LogP contribution in [-0.4, -0.2) is 15.5 Å². The average molecular weight is 315 g/mol. The van der Waals surface area contributed by atoms with E-state index in [1.807, 2.05) is 78.2 Å². The van der Waals surface area contributed by atoms with Crippen molar-refractivity contribution in [1.82, 2.24) is 9.55 Å². The molecule has 4 aromatic rings. The number of carbonyl (C=O) groups is 1. The van der Waals surface area contributed by atoms with Crippen LogP contribution in [-0.2, 0) is 4.79 Å². The third-order valence-corrected chi connectivity index (χ3v) is 4.33. The van der Waals surface area contributed by atoms with Crippen LogP contribution in [0, 0.1) is 0 Å². The van der Waals surface area contributed by atoms with Gasteiger partial charge in [-0.15, -0.1) is 0 Å². The molecule has 0 unspecified atom stereocenters. The van der Waals surface area contributed by atoms with E-state index in [9.17, 15) is 4.79 Å². The Bertz CT molecular complexity index is 1030. The first-order chi connectivity index (χ1) is 11.7. The Balaban J connectivity index is 1.66. The predicted octanol–water partition coefficient (Wildman–Crippen LogP) is 4.39. The maximum Gasteiger partial charge on any atom is 0.247 e. The zero-order valence-electron chi connectivity index (χ0n) is 13.3. The van der Waals surface area contributed by atoms with Gasteiger partial charge in [0.25, 0.3) is 0 Å². The molecule has 4 heteroatoms. The Kier molecular flexibility index (Phi) is 3.50. The van der Waals surface area contributed by atoms with Gasteiger partial charge in [-0.3, -0.25) is 4.79 Å². The Morgan fingerprint density at radius 1 is 1.00 bits per heavy atom. The second kappa shape index (κ2) is 5.81. The van der Waals surface area contributed by atoms with Crippen LogP contribution >= 0.6 is 0 Å². The summed E-state index contributed by atoms with van der Waals surface area (Å²) in [6.45, 7) is 1.88. The molecule has 0 spiro atoms. The maximum atomic E-state index is 12.7. The van der Waals surface area contributed by atoms with Crippen molar-refractivity contribution < 1.29 is 4.79 Å². The summed E-state index contributed by atoms with van der Waals surface area (Å²) in [7, 11) is 0. The number of aromatic nitrogens is 2. The SMILES string of the molecule is C[C@H](C(=O)Nc1cccc2ccccc12)n1cnc2ccccc21. The Morgan fingerprint density at radius 3 is 2.67 bits per heavy atom. The molecule has 3 aromatic carbocycles. The molecular weight excluding hydrogens is 298 g/mol. The minimum atomic E-state index is -0.351. The van der Waals surface area contributed by atoms with Gasteiger partial charge in [0.15, 0.2) is 0 Å². The molecule has 0 aliphatic carbocycles. The molecule has 118 valence electrons. The van der Waals surface area contributed by atoms with E-state index >= 15 is 0 Å². The van der Waals surface area contributed by atoms with Gasteiger partial charge in [0.2, 0.25) is 5.91 Å². The molecule has 0 saturated carbocycles. The fourth-order valence-corrected chi connectivity index (χ4v) is 2.98. The van der Waals surface area contributed by atoms with Crippen LogP contribution in [0.3, 0.4) is 0 Å². The van der Waals surface area contributed by atoms with E-state index in [-0.39, 0.29) is 11.9 Å². The average Bonchev–Trinajstić information content (AvgIpc) is 3.05. The van der Waals surface area contributed by atoms with Crippen molar-refractivity contribution in [3.05, 3.63) is 73.1 Å². The molecule has 4 nitrogen and oxygen atoms in total. The Morgan fingerprint density at radius 2 is 1.75 bits per heavy atom. The second-order valence-electron chi connectivity index (χ2n) is 5.83. The van der Waals surface area contributed by atoms with Gasteiger partial charge >= 0.3 is 0 Å².